The van der Waals surface area contributed by atoms with Gasteiger partial charge in [0.2, 0.25) is 5.91 Å². The van der Waals surface area contributed by atoms with E-state index in [0.29, 0.717) is 0 Å². The quantitative estimate of drug-likeness (QED) is 0.823. The van der Waals surface area contributed by atoms with Crippen molar-refractivity contribution in [3.63, 3.8) is 0 Å². The van der Waals surface area contributed by atoms with Crippen LogP contribution in [0.2, 0.25) is 0 Å². The summed E-state index contributed by atoms with van der Waals surface area (Å²) in [5.41, 5.74) is -1.16. The van der Waals surface area contributed by atoms with Gasteiger partial charge in [0.15, 0.2) is 0 Å². The molecule has 0 bridgehead atoms. The van der Waals surface area contributed by atoms with Crippen LogP contribution in [0.15, 0.2) is 0 Å². The van der Waals surface area contributed by atoms with Crippen LogP contribution in [-0.2, 0) is 9.53 Å². The second kappa shape index (κ2) is 5.38. The SMILES string of the molecule is CN(C)C(=O)CC(C)(C)NC(=O)OC(C)(C)C. The summed E-state index contributed by atoms with van der Waals surface area (Å²) >= 11 is 0. The van der Waals surface area contributed by atoms with Gasteiger partial charge in [0.1, 0.15) is 5.60 Å². The molecule has 0 aliphatic rings. The van der Waals surface area contributed by atoms with Gasteiger partial charge >= 0.3 is 6.09 Å². The normalized spacial score (nSPS) is 11.9. The molecule has 0 heterocycles. The van der Waals surface area contributed by atoms with Crippen LogP contribution in [0.1, 0.15) is 41.0 Å². The molecule has 5 heteroatoms. The van der Waals surface area contributed by atoms with Gasteiger partial charge < -0.3 is 15.0 Å². The zero-order valence-electron chi connectivity index (χ0n) is 11.9. The molecule has 0 radical (unpaired) electrons. The molecule has 0 saturated heterocycles. The maximum atomic E-state index is 11.6. The zero-order chi connectivity index (χ0) is 13.9. The highest BCUT2D eigenvalue weighted by atomic mass is 16.6. The van der Waals surface area contributed by atoms with Crippen molar-refractivity contribution in [3.05, 3.63) is 0 Å². The third kappa shape index (κ3) is 7.60. The molecule has 2 amide bonds. The lowest BCUT2D eigenvalue weighted by Crippen LogP contribution is -2.48. The van der Waals surface area contributed by atoms with Crippen LogP contribution in [0.5, 0.6) is 0 Å². The van der Waals surface area contributed by atoms with Crippen LogP contribution < -0.4 is 5.32 Å². The van der Waals surface area contributed by atoms with E-state index in [4.69, 9.17) is 4.74 Å². The standard InChI is InChI=1S/C12H24N2O3/c1-11(2,3)17-10(16)13-12(4,5)8-9(15)14(6)7/h8H2,1-7H3,(H,13,16). The molecule has 0 spiro atoms. The van der Waals surface area contributed by atoms with Crippen molar-refractivity contribution in [1.29, 1.82) is 0 Å². The fraction of sp³-hybridized carbons (Fsp3) is 0.833. The average Bonchev–Trinajstić information content (AvgIpc) is 1.96. The number of carbonyl (C=O) groups is 2. The number of alkyl carbamates (subject to hydrolysis) is 1. The fourth-order valence-electron chi connectivity index (χ4n) is 1.16. The first-order chi connectivity index (χ1) is 7.43. The molecular weight excluding hydrogens is 220 g/mol. The number of carbonyl (C=O) groups excluding carboxylic acids is 2. The highest BCUT2D eigenvalue weighted by Gasteiger charge is 2.27. The van der Waals surface area contributed by atoms with Crippen molar-refractivity contribution >= 4 is 12.0 Å². The highest BCUT2D eigenvalue weighted by molar-refractivity contribution is 5.78. The molecule has 100 valence electrons. The lowest BCUT2D eigenvalue weighted by atomic mass is 10.0. The number of amides is 2. The maximum absolute atomic E-state index is 11.6. The molecule has 5 nitrogen and oxygen atoms in total. The van der Waals surface area contributed by atoms with Crippen molar-refractivity contribution in [3.8, 4) is 0 Å². The van der Waals surface area contributed by atoms with E-state index in [-0.39, 0.29) is 12.3 Å². The zero-order valence-corrected chi connectivity index (χ0v) is 11.9. The lowest BCUT2D eigenvalue weighted by molar-refractivity contribution is -0.129. The molecule has 0 aromatic heterocycles. The van der Waals surface area contributed by atoms with Gasteiger partial charge in [-0.2, -0.15) is 0 Å². The van der Waals surface area contributed by atoms with Gasteiger partial charge in [0.05, 0.1) is 0 Å². The van der Waals surface area contributed by atoms with Gasteiger partial charge in [-0.1, -0.05) is 0 Å². The van der Waals surface area contributed by atoms with Crippen molar-refractivity contribution in [2.24, 2.45) is 0 Å². The topological polar surface area (TPSA) is 58.6 Å². The van der Waals surface area contributed by atoms with Gasteiger partial charge in [0.25, 0.3) is 0 Å². The van der Waals surface area contributed by atoms with E-state index in [0.717, 1.165) is 0 Å². The summed E-state index contributed by atoms with van der Waals surface area (Å²) in [7, 11) is 3.37. The van der Waals surface area contributed by atoms with Crippen molar-refractivity contribution in [2.45, 2.75) is 52.2 Å². The minimum absolute atomic E-state index is 0.0361. The Morgan fingerprint density at radius 1 is 1.12 bits per heavy atom. The van der Waals surface area contributed by atoms with E-state index < -0.39 is 17.2 Å². The minimum Gasteiger partial charge on any atom is -0.444 e. The molecule has 0 rings (SSSR count). The largest absolute Gasteiger partial charge is 0.444 e. The maximum Gasteiger partial charge on any atom is 0.408 e. The van der Waals surface area contributed by atoms with E-state index in [9.17, 15) is 9.59 Å². The van der Waals surface area contributed by atoms with E-state index in [1.807, 2.05) is 0 Å². The molecule has 0 atom stereocenters. The molecule has 0 aromatic rings. The number of ether oxygens (including phenoxy) is 1. The summed E-state index contributed by atoms with van der Waals surface area (Å²) in [5.74, 6) is -0.0361. The fourth-order valence-corrected chi connectivity index (χ4v) is 1.16. The highest BCUT2D eigenvalue weighted by Crippen LogP contribution is 2.12. The molecule has 0 saturated carbocycles. The van der Waals surface area contributed by atoms with Crippen LogP contribution in [0.4, 0.5) is 4.79 Å². The predicted octanol–water partition coefficient (Wildman–Crippen LogP) is 1.77. The first-order valence-electron chi connectivity index (χ1n) is 5.64. The second-order valence-corrected chi connectivity index (χ2v) is 5.98. The number of hydrogen-bond donors (Lipinski definition) is 1. The van der Waals surface area contributed by atoms with Crippen molar-refractivity contribution in [2.75, 3.05) is 14.1 Å². The van der Waals surface area contributed by atoms with Crippen LogP contribution in [-0.4, -0.2) is 42.1 Å². The summed E-state index contributed by atoms with van der Waals surface area (Å²) < 4.78 is 5.14. The minimum atomic E-state index is -0.621. The molecule has 0 aromatic carbocycles. The summed E-state index contributed by atoms with van der Waals surface area (Å²) in [5, 5.41) is 2.69. The summed E-state index contributed by atoms with van der Waals surface area (Å²) in [6.45, 7) is 8.97. The average molecular weight is 244 g/mol. The smallest absolute Gasteiger partial charge is 0.408 e. The van der Waals surface area contributed by atoms with Crippen molar-refractivity contribution < 1.29 is 14.3 Å². The first-order valence-corrected chi connectivity index (χ1v) is 5.64. The Bertz CT molecular complexity index is 291. The van der Waals surface area contributed by atoms with Crippen LogP contribution in [0.25, 0.3) is 0 Å². The Labute approximate surface area is 103 Å². The molecule has 17 heavy (non-hydrogen) atoms. The van der Waals surface area contributed by atoms with Crippen LogP contribution in [0, 0.1) is 0 Å². The Morgan fingerprint density at radius 3 is 1.94 bits per heavy atom. The Balaban J connectivity index is 4.35. The Hall–Kier alpha value is -1.26. The van der Waals surface area contributed by atoms with Crippen LogP contribution >= 0.6 is 0 Å². The summed E-state index contributed by atoms with van der Waals surface area (Å²) in [6.07, 6.45) is -0.270. The van der Waals surface area contributed by atoms with Gasteiger partial charge in [0, 0.05) is 26.1 Å². The summed E-state index contributed by atoms with van der Waals surface area (Å²) in [4.78, 5) is 24.6. The monoisotopic (exact) mass is 244 g/mol. The Morgan fingerprint density at radius 2 is 1.59 bits per heavy atom. The molecule has 0 aliphatic carbocycles. The van der Waals surface area contributed by atoms with Gasteiger partial charge in [-0.15, -0.1) is 0 Å². The number of hydrogen-bond acceptors (Lipinski definition) is 3. The van der Waals surface area contributed by atoms with Gasteiger partial charge in [-0.25, -0.2) is 4.79 Å². The van der Waals surface area contributed by atoms with Crippen molar-refractivity contribution in [1.82, 2.24) is 10.2 Å². The molecular formula is C12H24N2O3. The molecule has 0 aliphatic heterocycles. The summed E-state index contributed by atoms with van der Waals surface area (Å²) in [6, 6.07) is 0. The predicted molar refractivity (Wildman–Crippen MR) is 66.8 cm³/mol. The van der Waals surface area contributed by atoms with Crippen LogP contribution in [0.3, 0.4) is 0 Å². The number of nitrogens with zero attached hydrogens (tertiary/aromatic N) is 1. The van der Waals surface area contributed by atoms with E-state index >= 15 is 0 Å². The third-order valence-electron chi connectivity index (χ3n) is 1.93. The van der Waals surface area contributed by atoms with Gasteiger partial charge in [-0.3, -0.25) is 4.79 Å². The van der Waals surface area contributed by atoms with E-state index in [1.165, 1.54) is 4.90 Å². The second-order valence-electron chi connectivity index (χ2n) is 5.98. The molecule has 0 unspecified atom stereocenters. The van der Waals surface area contributed by atoms with E-state index in [2.05, 4.69) is 5.32 Å². The van der Waals surface area contributed by atoms with Gasteiger partial charge in [-0.05, 0) is 34.6 Å². The first kappa shape index (κ1) is 15.7. The molecule has 1 N–H and O–H groups in total. The number of rotatable bonds is 3. The molecule has 0 fully saturated rings. The Kier molecular flexibility index (Phi) is 4.98. The third-order valence-corrected chi connectivity index (χ3v) is 1.93. The van der Waals surface area contributed by atoms with E-state index in [1.54, 1.807) is 48.7 Å². The number of nitrogens with one attached hydrogen (secondary N) is 1. The lowest BCUT2D eigenvalue weighted by Gasteiger charge is -2.29.